The molecule has 0 bridgehead atoms. The van der Waals surface area contributed by atoms with Crippen LogP contribution in [0.3, 0.4) is 0 Å². The molecule has 1 aliphatic carbocycles. The van der Waals surface area contributed by atoms with E-state index >= 15 is 0 Å². The molecule has 1 fully saturated rings. The Hall–Kier alpha value is -1.02. The van der Waals surface area contributed by atoms with E-state index in [9.17, 15) is 0 Å². The summed E-state index contributed by atoms with van der Waals surface area (Å²) in [5.74, 6) is 1.99. The largest absolute Gasteiger partial charge is 0.492 e. The van der Waals surface area contributed by atoms with Crippen LogP contribution in [-0.4, -0.2) is 19.7 Å². The Labute approximate surface area is 98.0 Å². The van der Waals surface area contributed by atoms with Gasteiger partial charge in [-0.3, -0.25) is 0 Å². The zero-order valence-corrected chi connectivity index (χ0v) is 10.0. The average molecular weight is 219 g/mol. The number of benzene rings is 1. The van der Waals surface area contributed by atoms with Crippen molar-refractivity contribution in [3.63, 3.8) is 0 Å². The van der Waals surface area contributed by atoms with Gasteiger partial charge < -0.3 is 10.1 Å². The van der Waals surface area contributed by atoms with Gasteiger partial charge >= 0.3 is 0 Å². The van der Waals surface area contributed by atoms with Gasteiger partial charge in [0, 0.05) is 6.54 Å². The number of aryl methyl sites for hydroxylation is 1. The van der Waals surface area contributed by atoms with Crippen molar-refractivity contribution in [3.8, 4) is 5.75 Å². The first-order valence-corrected chi connectivity index (χ1v) is 6.31. The van der Waals surface area contributed by atoms with Crippen molar-refractivity contribution >= 4 is 0 Å². The van der Waals surface area contributed by atoms with Crippen LogP contribution in [0, 0.1) is 5.92 Å². The van der Waals surface area contributed by atoms with Crippen LogP contribution in [-0.2, 0) is 6.42 Å². The summed E-state index contributed by atoms with van der Waals surface area (Å²) in [7, 11) is 0. The van der Waals surface area contributed by atoms with E-state index in [0.29, 0.717) is 0 Å². The Kier molecular flexibility index (Phi) is 4.23. The molecule has 88 valence electrons. The van der Waals surface area contributed by atoms with E-state index in [1.807, 2.05) is 6.07 Å². The van der Waals surface area contributed by atoms with Crippen molar-refractivity contribution in [2.75, 3.05) is 19.7 Å². The van der Waals surface area contributed by atoms with Crippen molar-refractivity contribution in [2.45, 2.75) is 26.2 Å². The quantitative estimate of drug-likeness (QED) is 0.712. The van der Waals surface area contributed by atoms with Gasteiger partial charge in [-0.15, -0.1) is 0 Å². The minimum atomic E-state index is 0.768. The minimum Gasteiger partial charge on any atom is -0.492 e. The lowest BCUT2D eigenvalue weighted by atomic mass is 10.1. The van der Waals surface area contributed by atoms with Crippen LogP contribution in [0.2, 0.25) is 0 Å². The van der Waals surface area contributed by atoms with Gasteiger partial charge in [0.25, 0.3) is 0 Å². The van der Waals surface area contributed by atoms with Crippen LogP contribution in [0.5, 0.6) is 5.75 Å². The van der Waals surface area contributed by atoms with Gasteiger partial charge in [-0.2, -0.15) is 0 Å². The minimum absolute atomic E-state index is 0.768. The molecule has 0 spiro atoms. The number of nitrogens with one attached hydrogen (secondary N) is 1. The van der Waals surface area contributed by atoms with E-state index in [2.05, 4.69) is 30.4 Å². The number of hydrogen-bond donors (Lipinski definition) is 1. The molecule has 0 atom stereocenters. The van der Waals surface area contributed by atoms with Crippen LogP contribution in [0.15, 0.2) is 24.3 Å². The van der Waals surface area contributed by atoms with Crippen LogP contribution in [0.1, 0.15) is 25.3 Å². The summed E-state index contributed by atoms with van der Waals surface area (Å²) in [6, 6.07) is 8.29. The van der Waals surface area contributed by atoms with Crippen molar-refractivity contribution in [1.29, 1.82) is 0 Å². The molecule has 1 aromatic carbocycles. The molecule has 1 saturated carbocycles. The van der Waals surface area contributed by atoms with Gasteiger partial charge in [-0.1, -0.05) is 25.1 Å². The zero-order valence-electron chi connectivity index (χ0n) is 10.0. The Morgan fingerprint density at radius 1 is 1.31 bits per heavy atom. The predicted octanol–water partition coefficient (Wildman–Crippen LogP) is 2.63. The maximum atomic E-state index is 5.77. The summed E-state index contributed by atoms with van der Waals surface area (Å²) < 4.78 is 5.77. The lowest BCUT2D eigenvalue weighted by Crippen LogP contribution is -2.23. The zero-order chi connectivity index (χ0) is 11.2. The van der Waals surface area contributed by atoms with E-state index < -0.39 is 0 Å². The molecule has 0 aliphatic heterocycles. The van der Waals surface area contributed by atoms with Crippen LogP contribution in [0.4, 0.5) is 0 Å². The fourth-order valence-corrected chi connectivity index (χ4v) is 1.80. The summed E-state index contributed by atoms with van der Waals surface area (Å²) in [5.41, 5.74) is 1.30. The molecule has 1 aliphatic rings. The SMILES string of the molecule is CCc1ccccc1OCCNCC1CC1. The molecule has 1 N–H and O–H groups in total. The van der Waals surface area contributed by atoms with E-state index in [0.717, 1.165) is 31.2 Å². The summed E-state index contributed by atoms with van der Waals surface area (Å²) >= 11 is 0. The van der Waals surface area contributed by atoms with Crippen molar-refractivity contribution in [3.05, 3.63) is 29.8 Å². The first kappa shape index (κ1) is 11.5. The number of hydrogen-bond acceptors (Lipinski definition) is 2. The average Bonchev–Trinajstić information content (AvgIpc) is 3.13. The number of ether oxygens (including phenoxy) is 1. The summed E-state index contributed by atoms with van der Waals surface area (Å²) in [6.45, 7) is 5.05. The summed E-state index contributed by atoms with van der Waals surface area (Å²) in [5, 5.41) is 3.43. The molecule has 0 unspecified atom stereocenters. The summed E-state index contributed by atoms with van der Waals surface area (Å²) in [6.07, 6.45) is 3.85. The van der Waals surface area contributed by atoms with E-state index in [1.54, 1.807) is 0 Å². The van der Waals surface area contributed by atoms with Gasteiger partial charge in [0.15, 0.2) is 0 Å². The second kappa shape index (κ2) is 5.90. The smallest absolute Gasteiger partial charge is 0.122 e. The first-order valence-electron chi connectivity index (χ1n) is 6.31. The van der Waals surface area contributed by atoms with E-state index in [-0.39, 0.29) is 0 Å². The molecular formula is C14H21NO. The number of para-hydroxylation sites is 1. The Morgan fingerprint density at radius 2 is 2.12 bits per heavy atom. The molecule has 16 heavy (non-hydrogen) atoms. The highest BCUT2D eigenvalue weighted by Gasteiger charge is 2.19. The predicted molar refractivity (Wildman–Crippen MR) is 66.9 cm³/mol. The van der Waals surface area contributed by atoms with Gasteiger partial charge in [-0.05, 0) is 43.4 Å². The van der Waals surface area contributed by atoms with Gasteiger partial charge in [0.1, 0.15) is 12.4 Å². The van der Waals surface area contributed by atoms with Gasteiger partial charge in [0.2, 0.25) is 0 Å². The third-order valence-electron chi connectivity index (χ3n) is 3.02. The Morgan fingerprint density at radius 3 is 2.88 bits per heavy atom. The lowest BCUT2D eigenvalue weighted by Gasteiger charge is -2.10. The first-order chi connectivity index (χ1) is 7.90. The number of rotatable bonds is 7. The van der Waals surface area contributed by atoms with Gasteiger partial charge in [-0.25, -0.2) is 0 Å². The highest BCUT2D eigenvalue weighted by atomic mass is 16.5. The van der Waals surface area contributed by atoms with Crippen LogP contribution < -0.4 is 10.1 Å². The van der Waals surface area contributed by atoms with E-state index in [1.165, 1.54) is 24.9 Å². The third-order valence-corrected chi connectivity index (χ3v) is 3.02. The highest BCUT2D eigenvalue weighted by Crippen LogP contribution is 2.27. The molecule has 0 aromatic heterocycles. The van der Waals surface area contributed by atoms with Gasteiger partial charge in [0.05, 0.1) is 0 Å². The van der Waals surface area contributed by atoms with E-state index in [4.69, 9.17) is 4.74 Å². The van der Waals surface area contributed by atoms with Crippen molar-refractivity contribution < 1.29 is 4.74 Å². The molecule has 1 aromatic rings. The monoisotopic (exact) mass is 219 g/mol. The Bertz CT molecular complexity index is 320. The highest BCUT2D eigenvalue weighted by molar-refractivity contribution is 5.33. The topological polar surface area (TPSA) is 21.3 Å². The van der Waals surface area contributed by atoms with Crippen molar-refractivity contribution in [2.24, 2.45) is 5.92 Å². The van der Waals surface area contributed by atoms with Crippen LogP contribution in [0.25, 0.3) is 0 Å². The standard InChI is InChI=1S/C14H21NO/c1-2-13-5-3-4-6-14(13)16-10-9-15-11-12-7-8-12/h3-6,12,15H,2,7-11H2,1H3. The van der Waals surface area contributed by atoms with Crippen molar-refractivity contribution in [1.82, 2.24) is 5.32 Å². The molecule has 0 saturated heterocycles. The summed E-state index contributed by atoms with van der Waals surface area (Å²) in [4.78, 5) is 0. The molecule has 2 nitrogen and oxygen atoms in total. The fraction of sp³-hybridized carbons (Fsp3) is 0.571. The molecule has 0 radical (unpaired) electrons. The normalized spacial score (nSPS) is 15.1. The maximum absolute atomic E-state index is 5.77. The Balaban J connectivity index is 1.67. The molecule has 0 heterocycles. The lowest BCUT2D eigenvalue weighted by molar-refractivity contribution is 0.310. The molecule has 0 amide bonds. The molecule has 2 heteroatoms. The second-order valence-corrected chi connectivity index (χ2v) is 4.46. The fourth-order valence-electron chi connectivity index (χ4n) is 1.80. The maximum Gasteiger partial charge on any atom is 0.122 e. The second-order valence-electron chi connectivity index (χ2n) is 4.46. The molecule has 2 rings (SSSR count). The molecular weight excluding hydrogens is 198 g/mol. The third kappa shape index (κ3) is 3.53. The van der Waals surface area contributed by atoms with Crippen LogP contribution >= 0.6 is 0 Å².